The Hall–Kier alpha value is -3.29. The molecule has 5 rings (SSSR count). The molecule has 1 aliphatic heterocycles. The Kier molecular flexibility index (Phi) is 5.36. The number of aromatic nitrogens is 3. The zero-order valence-electron chi connectivity index (χ0n) is 17.9. The third-order valence-corrected chi connectivity index (χ3v) is 6.34. The van der Waals surface area contributed by atoms with E-state index in [-0.39, 0.29) is 12.2 Å². The molecule has 6 nitrogen and oxygen atoms in total. The smallest absolute Gasteiger partial charge is 0.230 e. The summed E-state index contributed by atoms with van der Waals surface area (Å²) in [4.78, 5) is 18.7. The van der Waals surface area contributed by atoms with Crippen LogP contribution in [0.25, 0.3) is 11.1 Å². The van der Waals surface area contributed by atoms with Crippen LogP contribution in [0, 0.1) is 23.5 Å². The summed E-state index contributed by atoms with van der Waals surface area (Å²) in [5.41, 5.74) is 2.35. The lowest BCUT2D eigenvalue weighted by molar-refractivity contribution is -0.115. The number of benzene rings is 1. The van der Waals surface area contributed by atoms with Crippen LogP contribution in [0.4, 0.5) is 20.3 Å². The summed E-state index contributed by atoms with van der Waals surface area (Å²) in [7, 11) is 1.78. The number of hydrogen-bond donors (Lipinski definition) is 1. The lowest BCUT2D eigenvalue weighted by Gasteiger charge is -2.20. The second-order valence-corrected chi connectivity index (χ2v) is 8.80. The molecule has 0 unspecified atom stereocenters. The number of nitrogens with one attached hydrogen (secondary N) is 1. The van der Waals surface area contributed by atoms with Gasteiger partial charge in [-0.1, -0.05) is 6.07 Å². The van der Waals surface area contributed by atoms with Gasteiger partial charge in [-0.2, -0.15) is 5.10 Å². The minimum absolute atomic E-state index is 0.0914. The van der Waals surface area contributed by atoms with Crippen molar-refractivity contribution in [3.63, 3.8) is 0 Å². The molecule has 0 radical (unpaired) electrons. The van der Waals surface area contributed by atoms with Gasteiger partial charge in [-0.25, -0.2) is 13.8 Å². The van der Waals surface area contributed by atoms with Crippen LogP contribution in [0.15, 0.2) is 42.9 Å². The van der Waals surface area contributed by atoms with Crippen molar-refractivity contribution in [1.82, 2.24) is 14.8 Å². The number of nitrogens with zero attached hydrogens (tertiary/aromatic N) is 4. The Morgan fingerprint density at radius 1 is 1.16 bits per heavy atom. The molecule has 1 N–H and O–H groups in total. The van der Waals surface area contributed by atoms with E-state index in [9.17, 15) is 9.18 Å². The summed E-state index contributed by atoms with van der Waals surface area (Å²) in [6.07, 6.45) is 8.46. The van der Waals surface area contributed by atoms with Gasteiger partial charge in [0.2, 0.25) is 5.91 Å². The first-order valence-electron chi connectivity index (χ1n) is 10.9. The zero-order valence-corrected chi connectivity index (χ0v) is 17.9. The number of amides is 1. The Balaban J connectivity index is 1.29. The fraction of sp³-hybridized carbons (Fsp3) is 0.375. The van der Waals surface area contributed by atoms with Gasteiger partial charge in [-0.3, -0.25) is 9.48 Å². The molecule has 166 valence electrons. The van der Waals surface area contributed by atoms with Crippen LogP contribution in [0.1, 0.15) is 24.8 Å². The number of hydrogen-bond acceptors (Lipinski definition) is 4. The van der Waals surface area contributed by atoms with Crippen molar-refractivity contribution in [2.75, 3.05) is 23.3 Å². The number of carbonyl (C=O) groups excluding carboxylic acids is 1. The summed E-state index contributed by atoms with van der Waals surface area (Å²) in [5, 5.41) is 6.66. The van der Waals surface area contributed by atoms with Gasteiger partial charge in [0, 0.05) is 38.1 Å². The third kappa shape index (κ3) is 4.35. The van der Waals surface area contributed by atoms with E-state index in [0.717, 1.165) is 31.0 Å². The number of aryl methyl sites for hydroxylation is 1. The number of halogens is 2. The monoisotopic (exact) mass is 437 g/mol. The van der Waals surface area contributed by atoms with Crippen LogP contribution >= 0.6 is 0 Å². The van der Waals surface area contributed by atoms with Gasteiger partial charge in [0.15, 0.2) is 11.6 Å². The first-order chi connectivity index (χ1) is 15.5. The molecular formula is C24H25F2N5O. The van der Waals surface area contributed by atoms with E-state index >= 15 is 4.39 Å². The molecule has 1 amide bonds. The fourth-order valence-corrected chi connectivity index (χ4v) is 4.57. The van der Waals surface area contributed by atoms with Crippen molar-refractivity contribution in [2.24, 2.45) is 18.9 Å². The molecule has 1 aliphatic carbocycles. The van der Waals surface area contributed by atoms with Gasteiger partial charge < -0.3 is 10.2 Å². The molecule has 3 aromatic rings. The van der Waals surface area contributed by atoms with E-state index in [4.69, 9.17) is 0 Å². The Bertz CT molecular complexity index is 1160. The van der Waals surface area contributed by atoms with Gasteiger partial charge >= 0.3 is 0 Å². The first-order valence-corrected chi connectivity index (χ1v) is 10.9. The molecule has 2 aromatic heterocycles. The molecule has 3 heterocycles. The molecule has 1 saturated heterocycles. The van der Waals surface area contributed by atoms with E-state index < -0.39 is 17.5 Å². The molecule has 1 atom stereocenters. The van der Waals surface area contributed by atoms with E-state index in [2.05, 4.69) is 15.4 Å². The average molecular weight is 437 g/mol. The highest BCUT2D eigenvalue weighted by Gasteiger charge is 2.36. The minimum Gasteiger partial charge on any atom is -0.369 e. The number of carbonyl (C=O) groups is 1. The van der Waals surface area contributed by atoms with Gasteiger partial charge in [0.1, 0.15) is 5.82 Å². The number of rotatable bonds is 6. The maximum Gasteiger partial charge on any atom is 0.230 e. The van der Waals surface area contributed by atoms with Gasteiger partial charge in [-0.15, -0.1) is 0 Å². The molecule has 1 aromatic carbocycles. The summed E-state index contributed by atoms with van der Waals surface area (Å²) < 4.78 is 30.9. The van der Waals surface area contributed by atoms with Crippen molar-refractivity contribution in [3.8, 4) is 11.1 Å². The van der Waals surface area contributed by atoms with Gasteiger partial charge in [-0.05, 0) is 60.4 Å². The normalized spacial score (nSPS) is 18.2. The van der Waals surface area contributed by atoms with Crippen molar-refractivity contribution >= 4 is 17.4 Å². The predicted molar refractivity (Wildman–Crippen MR) is 118 cm³/mol. The van der Waals surface area contributed by atoms with E-state index in [1.54, 1.807) is 36.3 Å². The summed E-state index contributed by atoms with van der Waals surface area (Å²) in [6, 6.07) is 6.10. The van der Waals surface area contributed by atoms with E-state index in [1.165, 1.54) is 31.2 Å². The van der Waals surface area contributed by atoms with Crippen LogP contribution in [0.3, 0.4) is 0 Å². The number of anilines is 2. The number of pyridine rings is 1. The predicted octanol–water partition coefficient (Wildman–Crippen LogP) is 4.18. The van der Waals surface area contributed by atoms with Crippen LogP contribution in [0.2, 0.25) is 0 Å². The SMILES string of the molecule is Cn1cc(-c2cc(F)cc(CC(=O)Nc3nccc(N4CC[C@@H](C5CC5)C4)c3F)c2)cn1. The molecule has 0 spiro atoms. The van der Waals surface area contributed by atoms with E-state index in [0.29, 0.717) is 22.7 Å². The maximum atomic E-state index is 15.1. The topological polar surface area (TPSA) is 63.1 Å². The zero-order chi connectivity index (χ0) is 22.2. The molecule has 0 bridgehead atoms. The minimum atomic E-state index is -0.521. The van der Waals surface area contributed by atoms with Crippen molar-refractivity contribution in [1.29, 1.82) is 0 Å². The van der Waals surface area contributed by atoms with Crippen LogP contribution in [0.5, 0.6) is 0 Å². The van der Waals surface area contributed by atoms with Crippen molar-refractivity contribution in [2.45, 2.75) is 25.7 Å². The second-order valence-electron chi connectivity index (χ2n) is 8.80. The van der Waals surface area contributed by atoms with Gasteiger partial charge in [0.05, 0.1) is 18.3 Å². The lowest BCUT2D eigenvalue weighted by atomic mass is 10.0. The highest BCUT2D eigenvalue weighted by atomic mass is 19.1. The summed E-state index contributed by atoms with van der Waals surface area (Å²) in [5.74, 6) is -0.0957. The molecule has 1 saturated carbocycles. The highest BCUT2D eigenvalue weighted by Crippen LogP contribution is 2.42. The molecule has 2 aliphatic rings. The third-order valence-electron chi connectivity index (χ3n) is 6.34. The van der Waals surface area contributed by atoms with Crippen LogP contribution in [-0.2, 0) is 18.3 Å². The van der Waals surface area contributed by atoms with Crippen LogP contribution < -0.4 is 10.2 Å². The van der Waals surface area contributed by atoms with Gasteiger partial charge in [0.25, 0.3) is 0 Å². The Labute approximate surface area is 185 Å². The average Bonchev–Trinajstić information content (AvgIpc) is 3.32. The lowest BCUT2D eigenvalue weighted by Crippen LogP contribution is -2.23. The molecule has 2 fully saturated rings. The quantitative estimate of drug-likeness (QED) is 0.629. The first kappa shape index (κ1) is 20.6. The largest absolute Gasteiger partial charge is 0.369 e. The van der Waals surface area contributed by atoms with Crippen molar-refractivity contribution in [3.05, 3.63) is 60.1 Å². The summed E-state index contributed by atoms with van der Waals surface area (Å²) in [6.45, 7) is 1.66. The Morgan fingerprint density at radius 3 is 2.75 bits per heavy atom. The maximum absolute atomic E-state index is 15.1. The molecule has 8 heteroatoms. The second kappa shape index (κ2) is 8.33. The molecular weight excluding hydrogens is 412 g/mol. The molecule has 32 heavy (non-hydrogen) atoms. The Morgan fingerprint density at radius 2 is 2.00 bits per heavy atom. The summed E-state index contributed by atoms with van der Waals surface area (Å²) >= 11 is 0. The van der Waals surface area contributed by atoms with Crippen LogP contribution in [-0.4, -0.2) is 33.8 Å². The fourth-order valence-electron chi connectivity index (χ4n) is 4.57. The van der Waals surface area contributed by atoms with Crippen molar-refractivity contribution < 1.29 is 13.6 Å². The highest BCUT2D eigenvalue weighted by molar-refractivity contribution is 5.92. The van der Waals surface area contributed by atoms with E-state index in [1.807, 2.05) is 4.90 Å². The standard InChI is InChI=1S/C24H25F2N5O/c1-30-13-19(12-28-30)18-8-15(9-20(25)11-18)10-22(32)29-24-23(26)21(4-6-27-24)31-7-5-17(14-31)16-2-3-16/h4,6,8-9,11-13,16-17H,2-3,5,7,10,14H2,1H3,(H,27,29,32)/t17-/m1/s1.